The monoisotopic (exact) mass is 250 g/mol. The van der Waals surface area contributed by atoms with E-state index in [0.717, 1.165) is 6.42 Å². The van der Waals surface area contributed by atoms with Crippen molar-refractivity contribution in [1.82, 2.24) is 5.32 Å². The van der Waals surface area contributed by atoms with E-state index in [-0.39, 0.29) is 12.0 Å². The van der Waals surface area contributed by atoms with Crippen LogP contribution in [0.3, 0.4) is 0 Å². The van der Waals surface area contributed by atoms with E-state index >= 15 is 0 Å². The van der Waals surface area contributed by atoms with Gasteiger partial charge in [0.2, 0.25) is 0 Å². The van der Waals surface area contributed by atoms with Gasteiger partial charge in [0, 0.05) is 12.2 Å². The highest BCUT2D eigenvalue weighted by atomic mass is 16.5. The first-order valence-corrected chi connectivity index (χ1v) is 5.99. The van der Waals surface area contributed by atoms with E-state index in [1.165, 1.54) is 0 Å². The molecule has 0 atom stereocenters. The molecule has 1 rings (SSSR count). The molecule has 0 aliphatic carbocycles. The Kier molecular flexibility index (Phi) is 5.70. The minimum absolute atomic E-state index is 0.265. The number of hydrogen-bond acceptors (Lipinski definition) is 3. The third kappa shape index (κ3) is 4.45. The molecule has 0 bridgehead atoms. The molecule has 0 saturated carbocycles. The van der Waals surface area contributed by atoms with Crippen molar-refractivity contribution in [2.75, 3.05) is 18.5 Å². The van der Waals surface area contributed by atoms with Gasteiger partial charge >= 0.3 is 12.0 Å². The number of benzene rings is 1. The fourth-order valence-corrected chi connectivity index (χ4v) is 1.30. The lowest BCUT2D eigenvalue weighted by atomic mass is 10.2. The second kappa shape index (κ2) is 7.32. The van der Waals surface area contributed by atoms with E-state index < -0.39 is 0 Å². The largest absolute Gasteiger partial charge is 0.462 e. The highest BCUT2D eigenvalue weighted by Gasteiger charge is 2.06. The van der Waals surface area contributed by atoms with Crippen LogP contribution in [0, 0.1) is 0 Å². The molecule has 0 unspecified atom stereocenters. The number of ether oxygens (including phenoxy) is 1. The van der Waals surface area contributed by atoms with Crippen LogP contribution in [0.25, 0.3) is 0 Å². The van der Waals surface area contributed by atoms with Crippen LogP contribution in [-0.4, -0.2) is 25.2 Å². The van der Waals surface area contributed by atoms with Crippen LogP contribution in [0.2, 0.25) is 0 Å². The Labute approximate surface area is 107 Å². The molecule has 0 spiro atoms. The van der Waals surface area contributed by atoms with Crippen molar-refractivity contribution in [2.45, 2.75) is 20.3 Å². The summed E-state index contributed by atoms with van der Waals surface area (Å²) in [6, 6.07) is 6.31. The summed E-state index contributed by atoms with van der Waals surface area (Å²) in [7, 11) is 0. The highest BCUT2D eigenvalue weighted by molar-refractivity contribution is 5.92. The molecule has 18 heavy (non-hydrogen) atoms. The molecular weight excluding hydrogens is 232 g/mol. The SMILES string of the molecule is CCCOC(=O)c1ccc(NC(=O)NCC)cc1. The average Bonchev–Trinajstić information content (AvgIpc) is 2.37. The Hall–Kier alpha value is -2.04. The minimum Gasteiger partial charge on any atom is -0.462 e. The highest BCUT2D eigenvalue weighted by Crippen LogP contribution is 2.10. The van der Waals surface area contributed by atoms with Gasteiger partial charge in [-0.15, -0.1) is 0 Å². The summed E-state index contributed by atoms with van der Waals surface area (Å²) in [6.07, 6.45) is 0.794. The molecule has 2 amide bonds. The van der Waals surface area contributed by atoms with Crippen molar-refractivity contribution < 1.29 is 14.3 Å². The fourth-order valence-electron chi connectivity index (χ4n) is 1.30. The quantitative estimate of drug-likeness (QED) is 0.788. The average molecular weight is 250 g/mol. The molecule has 0 aromatic heterocycles. The van der Waals surface area contributed by atoms with Crippen LogP contribution in [0.4, 0.5) is 10.5 Å². The van der Waals surface area contributed by atoms with Gasteiger partial charge in [0.15, 0.2) is 0 Å². The molecule has 0 heterocycles. The minimum atomic E-state index is -0.346. The lowest BCUT2D eigenvalue weighted by Gasteiger charge is -2.07. The van der Waals surface area contributed by atoms with Gasteiger partial charge in [-0.2, -0.15) is 0 Å². The van der Waals surface area contributed by atoms with Crippen molar-refractivity contribution >= 4 is 17.7 Å². The lowest BCUT2D eigenvalue weighted by molar-refractivity contribution is 0.0505. The van der Waals surface area contributed by atoms with Crippen LogP contribution < -0.4 is 10.6 Å². The summed E-state index contributed by atoms with van der Waals surface area (Å²) >= 11 is 0. The summed E-state index contributed by atoms with van der Waals surface area (Å²) in [4.78, 5) is 22.8. The molecule has 0 fully saturated rings. The molecule has 1 aromatic rings. The summed E-state index contributed by atoms with van der Waals surface area (Å²) in [5.41, 5.74) is 1.11. The Morgan fingerprint density at radius 3 is 2.39 bits per heavy atom. The van der Waals surface area contributed by atoms with E-state index in [9.17, 15) is 9.59 Å². The zero-order chi connectivity index (χ0) is 13.4. The predicted molar refractivity (Wildman–Crippen MR) is 69.7 cm³/mol. The van der Waals surface area contributed by atoms with Crippen molar-refractivity contribution in [3.8, 4) is 0 Å². The Morgan fingerprint density at radius 1 is 1.17 bits per heavy atom. The first-order chi connectivity index (χ1) is 8.67. The van der Waals surface area contributed by atoms with Crippen molar-refractivity contribution in [1.29, 1.82) is 0 Å². The van der Waals surface area contributed by atoms with Gasteiger partial charge in [-0.1, -0.05) is 6.92 Å². The maximum atomic E-state index is 11.5. The van der Waals surface area contributed by atoms with Crippen LogP contribution in [-0.2, 0) is 4.74 Å². The second-order valence-electron chi connectivity index (χ2n) is 3.70. The molecular formula is C13H18N2O3. The fraction of sp³-hybridized carbons (Fsp3) is 0.385. The number of amides is 2. The van der Waals surface area contributed by atoms with Crippen LogP contribution >= 0.6 is 0 Å². The molecule has 5 heteroatoms. The lowest BCUT2D eigenvalue weighted by Crippen LogP contribution is -2.28. The third-order valence-corrected chi connectivity index (χ3v) is 2.15. The van der Waals surface area contributed by atoms with Crippen LogP contribution in [0.15, 0.2) is 24.3 Å². The number of rotatable bonds is 5. The van der Waals surface area contributed by atoms with E-state index in [4.69, 9.17) is 4.74 Å². The molecule has 5 nitrogen and oxygen atoms in total. The maximum Gasteiger partial charge on any atom is 0.338 e. The van der Waals surface area contributed by atoms with Gasteiger partial charge in [-0.3, -0.25) is 0 Å². The topological polar surface area (TPSA) is 67.4 Å². The maximum absolute atomic E-state index is 11.5. The molecule has 0 aliphatic rings. The zero-order valence-electron chi connectivity index (χ0n) is 10.7. The third-order valence-electron chi connectivity index (χ3n) is 2.15. The normalized spacial score (nSPS) is 9.67. The molecule has 0 saturated heterocycles. The number of nitrogens with one attached hydrogen (secondary N) is 2. The zero-order valence-corrected chi connectivity index (χ0v) is 10.7. The molecule has 0 radical (unpaired) electrons. The summed E-state index contributed by atoms with van der Waals surface area (Å²) in [5, 5.41) is 5.27. The number of carbonyl (C=O) groups is 2. The summed E-state index contributed by atoms with van der Waals surface area (Å²) < 4.78 is 5.00. The number of hydrogen-bond donors (Lipinski definition) is 2. The predicted octanol–water partition coefficient (Wildman–Crippen LogP) is 2.39. The molecule has 2 N–H and O–H groups in total. The van der Waals surface area contributed by atoms with Gasteiger partial charge in [0.05, 0.1) is 12.2 Å². The van der Waals surface area contributed by atoms with Gasteiger partial charge in [-0.05, 0) is 37.6 Å². The van der Waals surface area contributed by atoms with Crippen LogP contribution in [0.5, 0.6) is 0 Å². The second-order valence-corrected chi connectivity index (χ2v) is 3.70. The Morgan fingerprint density at radius 2 is 1.83 bits per heavy atom. The Bertz CT molecular complexity index is 401. The number of anilines is 1. The first-order valence-electron chi connectivity index (χ1n) is 5.99. The van der Waals surface area contributed by atoms with Gasteiger partial charge in [0.25, 0.3) is 0 Å². The number of carbonyl (C=O) groups excluding carboxylic acids is 2. The van der Waals surface area contributed by atoms with Gasteiger partial charge in [0.1, 0.15) is 0 Å². The smallest absolute Gasteiger partial charge is 0.338 e. The van der Waals surface area contributed by atoms with E-state index in [1.807, 2.05) is 13.8 Å². The van der Waals surface area contributed by atoms with E-state index in [1.54, 1.807) is 24.3 Å². The van der Waals surface area contributed by atoms with Crippen LogP contribution in [0.1, 0.15) is 30.6 Å². The van der Waals surface area contributed by atoms with Crippen molar-refractivity contribution in [2.24, 2.45) is 0 Å². The van der Waals surface area contributed by atoms with E-state index in [2.05, 4.69) is 10.6 Å². The standard InChI is InChI=1S/C13H18N2O3/c1-3-9-18-12(16)10-5-7-11(8-6-10)15-13(17)14-4-2/h5-8H,3-4,9H2,1-2H3,(H2,14,15,17). The molecule has 0 aliphatic heterocycles. The van der Waals surface area contributed by atoms with E-state index in [0.29, 0.717) is 24.4 Å². The van der Waals surface area contributed by atoms with Gasteiger partial charge < -0.3 is 15.4 Å². The first kappa shape index (κ1) is 14.0. The van der Waals surface area contributed by atoms with Gasteiger partial charge in [-0.25, -0.2) is 9.59 Å². The summed E-state index contributed by atoms with van der Waals surface area (Å²) in [6.45, 7) is 4.75. The number of urea groups is 1. The van der Waals surface area contributed by atoms with Crippen molar-refractivity contribution in [3.63, 3.8) is 0 Å². The molecule has 98 valence electrons. The molecule has 1 aromatic carbocycles. The number of esters is 1. The van der Waals surface area contributed by atoms with Crippen molar-refractivity contribution in [3.05, 3.63) is 29.8 Å². The Balaban J connectivity index is 2.57. The summed E-state index contributed by atoms with van der Waals surface area (Å²) in [5.74, 6) is -0.346.